The summed E-state index contributed by atoms with van der Waals surface area (Å²) in [6, 6.07) is 0. The maximum Gasteiger partial charge on any atom is 0.159 e. The largest absolute Gasteiger partial charge is 0.382 e. The van der Waals surface area contributed by atoms with E-state index >= 15 is 0 Å². The molecule has 0 aliphatic rings. The van der Waals surface area contributed by atoms with Gasteiger partial charge in [0.05, 0.1) is 4.47 Å². The summed E-state index contributed by atoms with van der Waals surface area (Å²) in [6.07, 6.45) is 2.34. The lowest BCUT2D eigenvalue weighted by molar-refractivity contribution is 0.0686. The maximum absolute atomic E-state index is 9.98. The average Bonchev–Trinajstić information content (AvgIpc) is 2.14. The van der Waals surface area contributed by atoms with Crippen molar-refractivity contribution in [3.05, 3.63) is 22.7 Å². The molecule has 3 nitrogen and oxygen atoms in total. The molecule has 0 atom stereocenters. The zero-order chi connectivity index (χ0) is 13.5. The molecule has 0 saturated carbocycles. The quantitative estimate of drug-likeness (QED) is 0.784. The molecule has 1 heterocycles. The third kappa shape index (κ3) is 2.24. The van der Waals surface area contributed by atoms with Gasteiger partial charge in [-0.3, -0.25) is 0 Å². The number of aliphatic hydroxyl groups is 1. The summed E-state index contributed by atoms with van der Waals surface area (Å²) in [4.78, 5) is 7.11. The van der Waals surface area contributed by atoms with Crippen LogP contribution in [0.5, 0.6) is 0 Å². The van der Waals surface area contributed by atoms with Gasteiger partial charge in [-0.05, 0) is 29.6 Å². The second-order valence-electron chi connectivity index (χ2n) is 1.94. The van der Waals surface area contributed by atoms with Crippen LogP contribution in [0.1, 0.15) is 27.8 Å². The van der Waals surface area contributed by atoms with Crippen LogP contribution in [0.25, 0.3) is 0 Å². The number of hydrogen-bond donors (Lipinski definition) is 1. The second kappa shape index (κ2) is 2.87. The van der Waals surface area contributed by atoms with Crippen molar-refractivity contribution in [2.75, 3.05) is 0 Å². The zero-order valence-electron chi connectivity index (χ0n) is 11.4. The van der Waals surface area contributed by atoms with Gasteiger partial charge in [0, 0.05) is 20.6 Å². The molecule has 1 aromatic heterocycles. The lowest BCUT2D eigenvalue weighted by atomic mass is 10.1. The highest BCUT2D eigenvalue weighted by Crippen LogP contribution is 2.15. The molecule has 0 aliphatic carbocycles. The van der Waals surface area contributed by atoms with Crippen LogP contribution < -0.4 is 0 Å². The molecule has 4 heteroatoms. The van der Waals surface area contributed by atoms with Gasteiger partial charge in [0.1, 0.15) is 5.60 Å². The van der Waals surface area contributed by atoms with Gasteiger partial charge in [0.25, 0.3) is 0 Å². The fraction of sp³-hybridized carbons (Fsp3) is 0.429. The predicted octanol–water partition coefficient (Wildman–Crippen LogP) is 1.47. The van der Waals surface area contributed by atoms with Crippen LogP contribution in [-0.4, -0.2) is 15.1 Å². The molecular formula is C7H9BrN2O. The van der Waals surface area contributed by atoms with E-state index in [1.54, 1.807) is 0 Å². The Kier molecular flexibility index (Phi) is 0.911. The number of rotatable bonds is 1. The van der Waals surface area contributed by atoms with Crippen molar-refractivity contribution >= 4 is 15.9 Å². The molecule has 11 heavy (non-hydrogen) atoms. The van der Waals surface area contributed by atoms with Gasteiger partial charge in [-0.2, -0.15) is 0 Å². The first kappa shape index (κ1) is 3.49. The minimum atomic E-state index is -3.16. The van der Waals surface area contributed by atoms with Crippen molar-refractivity contribution < 1.29 is 13.3 Å². The smallest absolute Gasteiger partial charge is 0.159 e. The van der Waals surface area contributed by atoms with Gasteiger partial charge in [-0.15, -0.1) is 0 Å². The van der Waals surface area contributed by atoms with Crippen LogP contribution in [0.2, 0.25) is 0 Å². The minimum absolute atomic E-state index is 0.444. The van der Waals surface area contributed by atoms with E-state index < -0.39 is 25.1 Å². The number of aromatic nitrogens is 2. The summed E-state index contributed by atoms with van der Waals surface area (Å²) in [6.45, 7) is -6.32. The standard InChI is InChI=1S/C7H9BrN2O/c1-7(2,11)6-9-3-5(8)4-10-6/h3-4,11H,1-2H3/i1D3,2D3. The molecule has 1 aromatic rings. The molecule has 0 spiro atoms. The highest BCUT2D eigenvalue weighted by molar-refractivity contribution is 9.10. The van der Waals surface area contributed by atoms with Gasteiger partial charge in [-0.1, -0.05) is 0 Å². The van der Waals surface area contributed by atoms with Crippen molar-refractivity contribution in [1.29, 1.82) is 0 Å². The molecule has 0 aromatic carbocycles. The first-order valence-electron chi connectivity index (χ1n) is 5.70. The predicted molar refractivity (Wildman–Crippen MR) is 45.0 cm³/mol. The third-order valence-electron chi connectivity index (χ3n) is 0.944. The average molecular weight is 223 g/mol. The van der Waals surface area contributed by atoms with Gasteiger partial charge in [0.2, 0.25) is 0 Å². The van der Waals surface area contributed by atoms with Gasteiger partial charge >= 0.3 is 0 Å². The Labute approximate surface area is 82.1 Å². The summed E-state index contributed by atoms with van der Waals surface area (Å²) < 4.78 is 43.4. The molecule has 0 amide bonds. The van der Waals surface area contributed by atoms with Gasteiger partial charge in [-0.25, -0.2) is 9.97 Å². The minimum Gasteiger partial charge on any atom is -0.382 e. The van der Waals surface area contributed by atoms with Crippen molar-refractivity contribution in [3.8, 4) is 0 Å². The molecule has 0 unspecified atom stereocenters. The number of hydrogen-bond acceptors (Lipinski definition) is 3. The van der Waals surface area contributed by atoms with E-state index in [4.69, 9.17) is 8.22 Å². The molecule has 0 radical (unpaired) electrons. The first-order valence-corrected chi connectivity index (χ1v) is 3.50. The molecule has 0 fully saturated rings. The van der Waals surface area contributed by atoms with E-state index in [1.165, 1.54) is 12.4 Å². The number of halogens is 1. The number of nitrogens with zero attached hydrogens (tertiary/aromatic N) is 2. The molecule has 1 N–H and O–H groups in total. The van der Waals surface area contributed by atoms with Crippen molar-refractivity contribution in [2.24, 2.45) is 0 Å². The fourth-order valence-corrected chi connectivity index (χ4v) is 0.704. The Bertz CT molecular complexity index is 386. The Hall–Kier alpha value is -0.480. The van der Waals surface area contributed by atoms with Crippen LogP contribution in [0.15, 0.2) is 16.9 Å². The Morgan fingerprint density at radius 3 is 2.55 bits per heavy atom. The summed E-state index contributed by atoms with van der Waals surface area (Å²) in [5.41, 5.74) is -3.08. The van der Waals surface area contributed by atoms with E-state index in [-0.39, 0.29) is 0 Å². The molecule has 0 aliphatic heterocycles. The van der Waals surface area contributed by atoms with Crippen molar-refractivity contribution in [1.82, 2.24) is 9.97 Å². The van der Waals surface area contributed by atoms with Crippen LogP contribution in [0.4, 0.5) is 0 Å². The van der Waals surface area contributed by atoms with Gasteiger partial charge in [0.15, 0.2) is 5.82 Å². The summed E-state index contributed by atoms with van der Waals surface area (Å²) in [7, 11) is 0. The highest BCUT2D eigenvalue weighted by atomic mass is 79.9. The monoisotopic (exact) mass is 222 g/mol. The molecule has 1 rings (SSSR count). The molecule has 60 valence electrons. The van der Waals surface area contributed by atoms with E-state index in [0.29, 0.717) is 4.47 Å². The van der Waals surface area contributed by atoms with Crippen molar-refractivity contribution in [3.63, 3.8) is 0 Å². The molecule has 0 saturated heterocycles. The fourth-order valence-electron chi connectivity index (χ4n) is 0.499. The third-order valence-corrected chi connectivity index (χ3v) is 1.35. The summed E-state index contributed by atoms with van der Waals surface area (Å²) in [5, 5.41) is 9.98. The van der Waals surface area contributed by atoms with Crippen molar-refractivity contribution in [2.45, 2.75) is 19.3 Å². The molecule has 0 bridgehead atoms. The lowest BCUT2D eigenvalue weighted by Gasteiger charge is -2.14. The summed E-state index contributed by atoms with van der Waals surface area (Å²) in [5.74, 6) is -0.652. The normalized spacial score (nSPS) is 22.0. The topological polar surface area (TPSA) is 46.0 Å². The van der Waals surface area contributed by atoms with E-state index in [2.05, 4.69) is 25.9 Å². The molecular weight excluding hydrogens is 208 g/mol. The second-order valence-corrected chi connectivity index (χ2v) is 2.85. The zero-order valence-corrected chi connectivity index (χ0v) is 6.96. The van der Waals surface area contributed by atoms with Crippen LogP contribution in [-0.2, 0) is 5.60 Å². The van der Waals surface area contributed by atoms with E-state index in [0.717, 1.165) is 0 Å². The van der Waals surface area contributed by atoms with Crippen LogP contribution in [0, 0.1) is 0 Å². The van der Waals surface area contributed by atoms with E-state index in [1.807, 2.05) is 0 Å². The maximum atomic E-state index is 9.98. The Morgan fingerprint density at radius 2 is 2.09 bits per heavy atom. The first-order chi connectivity index (χ1) is 7.50. The van der Waals surface area contributed by atoms with Crippen LogP contribution >= 0.6 is 15.9 Å². The SMILES string of the molecule is [2H]C([2H])([2H])C(O)(c1ncc(Br)cn1)C([2H])([2H])[2H]. The Balaban J connectivity index is 3.41. The summed E-state index contributed by atoms with van der Waals surface area (Å²) >= 11 is 3.03. The van der Waals surface area contributed by atoms with Crippen LogP contribution in [0.3, 0.4) is 0 Å². The van der Waals surface area contributed by atoms with Gasteiger partial charge < -0.3 is 5.11 Å². The lowest BCUT2D eigenvalue weighted by Crippen LogP contribution is -2.19. The van der Waals surface area contributed by atoms with E-state index in [9.17, 15) is 5.11 Å². The Morgan fingerprint density at radius 1 is 1.55 bits per heavy atom. The highest BCUT2D eigenvalue weighted by Gasteiger charge is 2.18.